The molecule has 0 bridgehead atoms. The van der Waals surface area contributed by atoms with Crippen LogP contribution in [0.3, 0.4) is 0 Å². The monoisotopic (exact) mass is 306 g/mol. The average molecular weight is 306 g/mol. The summed E-state index contributed by atoms with van der Waals surface area (Å²) in [7, 11) is -3.49. The van der Waals surface area contributed by atoms with E-state index in [1.807, 2.05) is 0 Å². The molecule has 3 atom stereocenters. The van der Waals surface area contributed by atoms with Crippen LogP contribution < -0.4 is 0 Å². The summed E-state index contributed by atoms with van der Waals surface area (Å²) in [5.41, 5.74) is 0.750. The molecule has 0 heterocycles. The molecule has 0 saturated heterocycles. The number of aliphatic hydroxyl groups is 1. The molecule has 2 aromatic rings. The molecule has 0 aromatic heterocycles. The number of hydrogen-bond donors (Lipinski definition) is 1. The number of rotatable bonds is 4. The highest BCUT2D eigenvalue weighted by Gasteiger charge is 2.58. The minimum absolute atomic E-state index is 0.196. The first-order valence-corrected chi connectivity index (χ1v) is 8.25. The van der Waals surface area contributed by atoms with Gasteiger partial charge in [0, 0.05) is 18.4 Å². The highest BCUT2D eigenvalue weighted by molar-refractivity contribution is 7.92. The van der Waals surface area contributed by atoms with Gasteiger partial charge in [0.05, 0.1) is 10.1 Å². The third-order valence-corrected chi connectivity index (χ3v) is 6.28. The highest BCUT2D eigenvalue weighted by Crippen LogP contribution is 2.53. The molecule has 3 rings (SSSR count). The largest absolute Gasteiger partial charge is 0.396 e. The molecule has 5 heteroatoms. The first-order chi connectivity index (χ1) is 10.1. The van der Waals surface area contributed by atoms with Crippen LogP contribution in [0.1, 0.15) is 11.5 Å². The van der Waals surface area contributed by atoms with Gasteiger partial charge in [0.1, 0.15) is 5.82 Å². The molecule has 0 unspecified atom stereocenters. The Bertz CT molecular complexity index is 726. The predicted octanol–water partition coefficient (Wildman–Crippen LogP) is 2.37. The fraction of sp³-hybridized carbons (Fsp3) is 0.250. The van der Waals surface area contributed by atoms with Gasteiger partial charge in [-0.25, -0.2) is 12.8 Å². The smallest absolute Gasteiger partial charge is 0.182 e. The van der Waals surface area contributed by atoms with Gasteiger partial charge in [-0.3, -0.25) is 0 Å². The maximum absolute atomic E-state index is 13.0. The van der Waals surface area contributed by atoms with Gasteiger partial charge in [-0.2, -0.15) is 0 Å². The number of sulfone groups is 1. The van der Waals surface area contributed by atoms with Gasteiger partial charge < -0.3 is 5.11 Å². The Balaban J connectivity index is 1.94. The predicted molar refractivity (Wildman–Crippen MR) is 77.1 cm³/mol. The lowest BCUT2D eigenvalue weighted by molar-refractivity contribution is 0.274. The molecular formula is C16H15FO3S. The van der Waals surface area contributed by atoms with Crippen molar-refractivity contribution in [2.45, 2.75) is 16.1 Å². The van der Waals surface area contributed by atoms with Crippen LogP contribution >= 0.6 is 0 Å². The van der Waals surface area contributed by atoms with Gasteiger partial charge in [0.2, 0.25) is 0 Å². The van der Waals surface area contributed by atoms with E-state index in [1.165, 1.54) is 12.1 Å². The third kappa shape index (κ3) is 2.47. The minimum atomic E-state index is -3.49. The number of benzene rings is 2. The molecule has 2 aromatic carbocycles. The Kier molecular flexibility index (Phi) is 3.55. The molecule has 1 N–H and O–H groups in total. The van der Waals surface area contributed by atoms with Crippen LogP contribution in [0.25, 0.3) is 0 Å². The Labute approximate surface area is 123 Å². The Morgan fingerprint density at radius 2 is 1.62 bits per heavy atom. The SMILES string of the molecule is O=S(=O)(c1ccccc1)[C@H]1[C@H](CO)[C@@H]1c1ccc(F)cc1. The lowest BCUT2D eigenvalue weighted by Gasteiger charge is -2.04. The molecule has 21 heavy (non-hydrogen) atoms. The van der Waals surface area contributed by atoms with E-state index in [1.54, 1.807) is 42.5 Å². The molecule has 1 fully saturated rings. The summed E-state index contributed by atoms with van der Waals surface area (Å²) in [5.74, 6) is -0.969. The fourth-order valence-electron chi connectivity index (χ4n) is 2.87. The van der Waals surface area contributed by atoms with Gasteiger partial charge in [-0.15, -0.1) is 0 Å². The molecule has 0 spiro atoms. The van der Waals surface area contributed by atoms with E-state index >= 15 is 0 Å². The summed E-state index contributed by atoms with van der Waals surface area (Å²) in [6.45, 7) is -0.196. The molecule has 3 nitrogen and oxygen atoms in total. The molecule has 110 valence electrons. The van der Waals surface area contributed by atoms with Crippen molar-refractivity contribution >= 4 is 9.84 Å². The second-order valence-electron chi connectivity index (χ2n) is 5.25. The molecule has 1 aliphatic carbocycles. The van der Waals surface area contributed by atoms with Gasteiger partial charge >= 0.3 is 0 Å². The van der Waals surface area contributed by atoms with Crippen molar-refractivity contribution in [3.8, 4) is 0 Å². The van der Waals surface area contributed by atoms with Crippen molar-refractivity contribution in [1.29, 1.82) is 0 Å². The summed E-state index contributed by atoms with van der Waals surface area (Å²) >= 11 is 0. The van der Waals surface area contributed by atoms with Crippen molar-refractivity contribution in [2.24, 2.45) is 5.92 Å². The van der Waals surface area contributed by atoms with E-state index in [2.05, 4.69) is 0 Å². The normalized spacial score (nSPS) is 24.8. The molecule has 1 aliphatic rings. The lowest BCUT2D eigenvalue weighted by atomic mass is 10.1. The Morgan fingerprint density at radius 3 is 2.19 bits per heavy atom. The molecule has 0 aliphatic heterocycles. The van der Waals surface area contributed by atoms with E-state index in [4.69, 9.17) is 0 Å². The Hall–Kier alpha value is -1.72. The summed E-state index contributed by atoms with van der Waals surface area (Å²) in [5, 5.41) is 8.79. The highest BCUT2D eigenvalue weighted by atomic mass is 32.2. The number of halogens is 1. The van der Waals surface area contributed by atoms with E-state index in [9.17, 15) is 17.9 Å². The van der Waals surface area contributed by atoms with E-state index < -0.39 is 15.1 Å². The first kappa shape index (κ1) is 14.2. The summed E-state index contributed by atoms with van der Waals surface area (Å²) in [6, 6.07) is 14.0. The number of aliphatic hydroxyl groups excluding tert-OH is 1. The van der Waals surface area contributed by atoms with Crippen molar-refractivity contribution in [2.75, 3.05) is 6.61 Å². The van der Waals surface area contributed by atoms with Crippen LogP contribution in [0.5, 0.6) is 0 Å². The second-order valence-corrected chi connectivity index (χ2v) is 7.35. The molecule has 0 radical (unpaired) electrons. The van der Waals surface area contributed by atoms with Crippen molar-refractivity contribution < 1.29 is 17.9 Å². The van der Waals surface area contributed by atoms with Gasteiger partial charge in [-0.05, 0) is 29.8 Å². The first-order valence-electron chi connectivity index (χ1n) is 6.71. The van der Waals surface area contributed by atoms with Crippen molar-refractivity contribution in [3.63, 3.8) is 0 Å². The topological polar surface area (TPSA) is 54.4 Å². The van der Waals surface area contributed by atoms with Gasteiger partial charge in [0.25, 0.3) is 0 Å². The maximum Gasteiger partial charge on any atom is 0.182 e. The van der Waals surface area contributed by atoms with Crippen LogP contribution in [0.15, 0.2) is 59.5 Å². The van der Waals surface area contributed by atoms with E-state index in [0.29, 0.717) is 0 Å². The fourth-order valence-corrected chi connectivity index (χ4v) is 5.09. The molecule has 0 amide bonds. The second kappa shape index (κ2) is 5.24. The summed E-state index contributed by atoms with van der Waals surface area (Å²) in [4.78, 5) is 0.262. The van der Waals surface area contributed by atoms with E-state index in [0.717, 1.165) is 5.56 Å². The van der Waals surface area contributed by atoms with E-state index in [-0.39, 0.29) is 29.2 Å². The van der Waals surface area contributed by atoms with Crippen LogP contribution in [0.4, 0.5) is 4.39 Å². The molecular weight excluding hydrogens is 291 g/mol. The minimum Gasteiger partial charge on any atom is -0.396 e. The summed E-state index contributed by atoms with van der Waals surface area (Å²) in [6.07, 6.45) is 0. The quantitative estimate of drug-likeness (QED) is 0.943. The van der Waals surface area contributed by atoms with Crippen molar-refractivity contribution in [3.05, 3.63) is 66.0 Å². The third-order valence-electron chi connectivity index (χ3n) is 3.99. The molecule has 1 saturated carbocycles. The zero-order valence-corrected chi connectivity index (χ0v) is 12.0. The maximum atomic E-state index is 13.0. The van der Waals surface area contributed by atoms with Crippen LogP contribution in [0.2, 0.25) is 0 Å². The summed E-state index contributed by atoms with van der Waals surface area (Å²) < 4.78 is 38.2. The zero-order chi connectivity index (χ0) is 15.0. The van der Waals surface area contributed by atoms with Crippen molar-refractivity contribution in [1.82, 2.24) is 0 Å². The van der Waals surface area contributed by atoms with Crippen LogP contribution in [-0.4, -0.2) is 25.4 Å². The zero-order valence-electron chi connectivity index (χ0n) is 11.2. The standard InChI is InChI=1S/C16H15FO3S/c17-12-8-6-11(7-9-12)15-14(10-18)16(15)21(19,20)13-4-2-1-3-5-13/h1-9,14-16,18H,10H2/t14-,15+,16+/m1/s1. The number of hydrogen-bond acceptors (Lipinski definition) is 3. The average Bonchev–Trinajstić information content (AvgIpc) is 3.24. The van der Waals surface area contributed by atoms with Crippen LogP contribution in [0, 0.1) is 11.7 Å². The Morgan fingerprint density at radius 1 is 1.00 bits per heavy atom. The van der Waals surface area contributed by atoms with Crippen LogP contribution in [-0.2, 0) is 9.84 Å². The van der Waals surface area contributed by atoms with Gasteiger partial charge in [0.15, 0.2) is 9.84 Å². The lowest BCUT2D eigenvalue weighted by Crippen LogP contribution is -2.11. The van der Waals surface area contributed by atoms with Gasteiger partial charge in [-0.1, -0.05) is 30.3 Å².